The number of carbonyl (C=O) groups is 2. The summed E-state index contributed by atoms with van der Waals surface area (Å²) in [5.74, 6) is -1.36. The molecule has 132 valence electrons. The van der Waals surface area contributed by atoms with Gasteiger partial charge in [0.05, 0.1) is 34.2 Å². The number of carbonyl (C=O) groups excluding carboxylic acids is 1. The summed E-state index contributed by atoms with van der Waals surface area (Å²) in [6.07, 6.45) is 2.71. The first-order valence-corrected chi connectivity index (χ1v) is 8.49. The van der Waals surface area contributed by atoms with Gasteiger partial charge < -0.3 is 15.3 Å². The zero-order valence-corrected chi connectivity index (χ0v) is 14.5. The van der Waals surface area contributed by atoms with Gasteiger partial charge in [-0.2, -0.15) is 5.10 Å². The smallest absolute Gasteiger partial charge is 0.321 e. The van der Waals surface area contributed by atoms with Gasteiger partial charge in [0.25, 0.3) is 0 Å². The average Bonchev–Trinajstić information content (AvgIpc) is 3.22. The average molecular weight is 363 g/mol. The van der Waals surface area contributed by atoms with E-state index in [1.54, 1.807) is 16.9 Å². The van der Waals surface area contributed by atoms with Crippen molar-refractivity contribution in [1.82, 2.24) is 14.7 Å². The number of anilines is 1. The molecule has 8 heteroatoms. The van der Waals surface area contributed by atoms with Crippen LogP contribution in [0.25, 0.3) is 5.69 Å². The second kappa shape index (κ2) is 7.14. The largest absolute Gasteiger partial charge is 0.481 e. The second-order valence-corrected chi connectivity index (χ2v) is 6.33. The van der Waals surface area contributed by atoms with Crippen LogP contribution in [0.2, 0.25) is 5.02 Å². The van der Waals surface area contributed by atoms with E-state index in [1.165, 1.54) is 4.90 Å². The number of urea groups is 1. The number of aromatic nitrogens is 2. The maximum absolute atomic E-state index is 12.4. The lowest BCUT2D eigenvalue weighted by molar-refractivity contribution is -0.141. The standard InChI is InChI=1S/C17H19ClN4O3/c1-2-14-13(9-19-22(14)15-6-4-3-5-12(15)18)20-17(25)21-8-7-11(10-21)16(23)24/h3-6,9,11H,2,7-8,10H2,1H3,(H,20,25)(H,23,24). The van der Waals surface area contributed by atoms with Crippen LogP contribution < -0.4 is 5.32 Å². The molecular formula is C17H19ClN4O3. The number of nitrogens with zero attached hydrogens (tertiary/aromatic N) is 3. The van der Waals surface area contributed by atoms with Gasteiger partial charge in [0.1, 0.15) is 0 Å². The van der Waals surface area contributed by atoms with Gasteiger partial charge in [0.15, 0.2) is 0 Å². The molecule has 1 saturated heterocycles. The molecule has 1 atom stereocenters. The molecule has 0 radical (unpaired) electrons. The molecule has 1 aliphatic heterocycles. The van der Waals surface area contributed by atoms with Crippen molar-refractivity contribution < 1.29 is 14.7 Å². The predicted octanol–water partition coefficient (Wildman–Crippen LogP) is 3.03. The molecule has 2 aromatic rings. The molecule has 1 fully saturated rings. The highest BCUT2D eigenvalue weighted by atomic mass is 35.5. The fourth-order valence-electron chi connectivity index (χ4n) is 2.99. The summed E-state index contributed by atoms with van der Waals surface area (Å²) in [7, 11) is 0. The zero-order chi connectivity index (χ0) is 18.0. The molecule has 0 aliphatic carbocycles. The number of nitrogens with one attached hydrogen (secondary N) is 1. The summed E-state index contributed by atoms with van der Waals surface area (Å²) in [4.78, 5) is 25.0. The van der Waals surface area contributed by atoms with Crippen molar-refractivity contribution in [3.63, 3.8) is 0 Å². The molecule has 0 bridgehead atoms. The summed E-state index contributed by atoms with van der Waals surface area (Å²) >= 11 is 6.24. The third-order valence-corrected chi connectivity index (χ3v) is 4.67. The second-order valence-electron chi connectivity index (χ2n) is 5.92. The maximum atomic E-state index is 12.4. The van der Waals surface area contributed by atoms with Crippen LogP contribution in [-0.4, -0.2) is 44.9 Å². The van der Waals surface area contributed by atoms with E-state index in [0.717, 1.165) is 11.4 Å². The molecule has 0 saturated carbocycles. The Morgan fingerprint density at radius 3 is 2.80 bits per heavy atom. The fraction of sp³-hybridized carbons (Fsp3) is 0.353. The SMILES string of the molecule is CCc1c(NC(=O)N2CCC(C(=O)O)C2)cnn1-c1ccccc1Cl. The van der Waals surface area contributed by atoms with Gasteiger partial charge in [-0.1, -0.05) is 30.7 Å². The van der Waals surface area contributed by atoms with Crippen molar-refractivity contribution in [2.24, 2.45) is 5.92 Å². The van der Waals surface area contributed by atoms with Crippen LogP contribution in [0.1, 0.15) is 19.0 Å². The third kappa shape index (κ3) is 3.46. The highest BCUT2D eigenvalue weighted by Crippen LogP contribution is 2.26. The molecule has 1 aromatic heterocycles. The van der Waals surface area contributed by atoms with Crippen LogP contribution >= 0.6 is 11.6 Å². The minimum Gasteiger partial charge on any atom is -0.481 e. The molecule has 0 spiro atoms. The number of carboxylic acids is 1. The van der Waals surface area contributed by atoms with E-state index in [1.807, 2.05) is 25.1 Å². The van der Waals surface area contributed by atoms with Gasteiger partial charge in [-0.15, -0.1) is 0 Å². The number of likely N-dealkylation sites (tertiary alicyclic amines) is 1. The summed E-state index contributed by atoms with van der Waals surface area (Å²) < 4.78 is 1.71. The number of para-hydroxylation sites is 1. The lowest BCUT2D eigenvalue weighted by atomic mass is 10.1. The Morgan fingerprint density at radius 2 is 2.16 bits per heavy atom. The number of rotatable bonds is 4. The summed E-state index contributed by atoms with van der Waals surface area (Å²) in [6, 6.07) is 7.05. The molecule has 1 aromatic carbocycles. The van der Waals surface area contributed by atoms with E-state index < -0.39 is 11.9 Å². The Bertz CT molecular complexity index is 805. The number of halogens is 1. The molecule has 1 unspecified atom stereocenters. The zero-order valence-electron chi connectivity index (χ0n) is 13.8. The monoisotopic (exact) mass is 362 g/mol. The molecule has 25 heavy (non-hydrogen) atoms. The number of aliphatic carboxylic acids is 1. The normalized spacial score (nSPS) is 16.9. The van der Waals surface area contributed by atoms with E-state index in [2.05, 4.69) is 10.4 Å². The van der Waals surface area contributed by atoms with E-state index in [9.17, 15) is 9.59 Å². The van der Waals surface area contributed by atoms with Crippen molar-refractivity contribution >= 4 is 29.3 Å². The molecule has 7 nitrogen and oxygen atoms in total. The van der Waals surface area contributed by atoms with Crippen LogP contribution in [0.15, 0.2) is 30.5 Å². The first kappa shape index (κ1) is 17.3. The van der Waals surface area contributed by atoms with Crippen LogP contribution in [0.3, 0.4) is 0 Å². The number of hydrogen-bond donors (Lipinski definition) is 2. The first-order chi connectivity index (χ1) is 12.0. The van der Waals surface area contributed by atoms with E-state index in [4.69, 9.17) is 16.7 Å². The number of hydrogen-bond acceptors (Lipinski definition) is 3. The minimum atomic E-state index is -0.865. The molecule has 2 N–H and O–H groups in total. The predicted molar refractivity (Wildman–Crippen MR) is 94.3 cm³/mol. The van der Waals surface area contributed by atoms with Crippen molar-refractivity contribution in [2.45, 2.75) is 19.8 Å². The van der Waals surface area contributed by atoms with E-state index in [-0.39, 0.29) is 12.6 Å². The van der Waals surface area contributed by atoms with Gasteiger partial charge in [-0.05, 0) is 25.0 Å². The Balaban J connectivity index is 1.79. The third-order valence-electron chi connectivity index (χ3n) is 4.35. The van der Waals surface area contributed by atoms with Gasteiger partial charge in [0.2, 0.25) is 0 Å². The Labute approximate surface area is 150 Å². The van der Waals surface area contributed by atoms with Crippen LogP contribution in [0.4, 0.5) is 10.5 Å². The van der Waals surface area contributed by atoms with Gasteiger partial charge in [-0.25, -0.2) is 9.48 Å². The lowest BCUT2D eigenvalue weighted by Crippen LogP contribution is -2.34. The minimum absolute atomic E-state index is 0.223. The summed E-state index contributed by atoms with van der Waals surface area (Å²) in [5.41, 5.74) is 2.18. The topological polar surface area (TPSA) is 87.5 Å². The lowest BCUT2D eigenvalue weighted by Gasteiger charge is -2.17. The van der Waals surface area contributed by atoms with Crippen molar-refractivity contribution in [1.29, 1.82) is 0 Å². The quantitative estimate of drug-likeness (QED) is 0.875. The molecule has 1 aliphatic rings. The molecular weight excluding hydrogens is 344 g/mol. The fourth-order valence-corrected chi connectivity index (χ4v) is 3.21. The summed E-state index contributed by atoms with van der Waals surface area (Å²) in [5, 5.41) is 16.8. The van der Waals surface area contributed by atoms with Gasteiger partial charge >= 0.3 is 12.0 Å². The van der Waals surface area contributed by atoms with Crippen LogP contribution in [0.5, 0.6) is 0 Å². The van der Waals surface area contributed by atoms with Crippen molar-refractivity contribution in [3.05, 3.63) is 41.2 Å². The highest BCUT2D eigenvalue weighted by Gasteiger charge is 2.31. The van der Waals surface area contributed by atoms with Crippen molar-refractivity contribution in [2.75, 3.05) is 18.4 Å². The van der Waals surface area contributed by atoms with Crippen LogP contribution in [0, 0.1) is 5.92 Å². The van der Waals surface area contributed by atoms with E-state index >= 15 is 0 Å². The molecule has 2 amide bonds. The van der Waals surface area contributed by atoms with Gasteiger partial charge in [-0.3, -0.25) is 4.79 Å². The highest BCUT2D eigenvalue weighted by molar-refractivity contribution is 6.32. The van der Waals surface area contributed by atoms with Crippen molar-refractivity contribution in [3.8, 4) is 5.69 Å². The van der Waals surface area contributed by atoms with Gasteiger partial charge in [0, 0.05) is 13.1 Å². The van der Waals surface area contributed by atoms with Crippen LogP contribution in [-0.2, 0) is 11.2 Å². The Hall–Kier alpha value is -2.54. The Morgan fingerprint density at radius 1 is 1.40 bits per heavy atom. The number of benzene rings is 1. The molecule has 2 heterocycles. The van der Waals surface area contributed by atoms with E-state index in [0.29, 0.717) is 30.1 Å². The molecule has 3 rings (SSSR count). The maximum Gasteiger partial charge on any atom is 0.321 e. The summed E-state index contributed by atoms with van der Waals surface area (Å²) in [6.45, 7) is 2.63. The Kier molecular flexibility index (Phi) is 4.94. The first-order valence-electron chi connectivity index (χ1n) is 8.11. The number of amides is 2. The number of carboxylic acid groups (broad SMARTS) is 1.